The summed E-state index contributed by atoms with van der Waals surface area (Å²) in [5.41, 5.74) is 1.64. The number of rotatable bonds is 4. The Kier molecular flexibility index (Phi) is 6.72. The van der Waals surface area contributed by atoms with E-state index in [0.717, 1.165) is 25.1 Å². The van der Waals surface area contributed by atoms with Crippen LogP contribution >= 0.6 is 24.0 Å². The topological polar surface area (TPSA) is 41.1 Å². The van der Waals surface area contributed by atoms with E-state index in [1.807, 2.05) is 38.1 Å². The van der Waals surface area contributed by atoms with Crippen molar-refractivity contribution in [3.63, 3.8) is 0 Å². The number of benzene rings is 1. The molecule has 0 fully saturated rings. The molecule has 1 aliphatic heterocycles. The van der Waals surface area contributed by atoms with Crippen LogP contribution in [0, 0.1) is 0 Å². The van der Waals surface area contributed by atoms with Crippen LogP contribution in [0.25, 0.3) is 0 Å². The molecule has 116 valence electrons. The molecule has 0 aliphatic carbocycles. The monoisotopic (exact) mass is 328 g/mol. The quantitative estimate of drug-likeness (QED) is 0.834. The summed E-state index contributed by atoms with van der Waals surface area (Å²) in [5, 5.41) is 6.95. The Bertz CT molecular complexity index is 527. The number of carbonyl (C=O) groups is 1. The lowest BCUT2D eigenvalue weighted by Gasteiger charge is -2.25. The summed E-state index contributed by atoms with van der Waals surface area (Å²) >= 11 is 6.01. The molecule has 0 spiro atoms. The zero-order valence-corrected chi connectivity index (χ0v) is 14.0. The molecule has 1 aliphatic rings. The standard InChI is InChI=1S/C16H21ClN2O.ClH/c1-16(2,13-4-3-5-14(17)10-13)15(20)19-11-12-6-8-18-9-7-12;/h3-6,10,18H,7-9,11H2,1-2H3,(H,19,20);1H. The minimum Gasteiger partial charge on any atom is -0.352 e. The Labute approximate surface area is 137 Å². The maximum Gasteiger partial charge on any atom is 0.230 e. The van der Waals surface area contributed by atoms with E-state index < -0.39 is 5.41 Å². The SMILES string of the molecule is CC(C)(C(=O)NCC1=CCNCC1)c1cccc(Cl)c1.Cl. The first-order valence-electron chi connectivity index (χ1n) is 6.93. The van der Waals surface area contributed by atoms with E-state index in [-0.39, 0.29) is 18.3 Å². The van der Waals surface area contributed by atoms with Gasteiger partial charge in [-0.25, -0.2) is 0 Å². The fourth-order valence-electron chi connectivity index (χ4n) is 2.25. The smallest absolute Gasteiger partial charge is 0.230 e. The minimum absolute atomic E-state index is 0. The van der Waals surface area contributed by atoms with Crippen molar-refractivity contribution in [2.45, 2.75) is 25.7 Å². The van der Waals surface area contributed by atoms with Crippen LogP contribution in [-0.2, 0) is 10.2 Å². The molecule has 1 heterocycles. The molecule has 0 radical (unpaired) electrons. The second kappa shape index (κ2) is 7.83. The lowest BCUT2D eigenvalue weighted by Crippen LogP contribution is -2.41. The van der Waals surface area contributed by atoms with Gasteiger partial charge in [0.1, 0.15) is 0 Å². The van der Waals surface area contributed by atoms with Gasteiger partial charge in [0.15, 0.2) is 0 Å². The van der Waals surface area contributed by atoms with Crippen LogP contribution < -0.4 is 10.6 Å². The molecule has 2 rings (SSSR count). The highest BCUT2D eigenvalue weighted by Crippen LogP contribution is 2.25. The first-order chi connectivity index (χ1) is 9.50. The summed E-state index contributed by atoms with van der Waals surface area (Å²) in [6.07, 6.45) is 3.15. The maximum absolute atomic E-state index is 12.4. The van der Waals surface area contributed by atoms with Gasteiger partial charge in [0.2, 0.25) is 5.91 Å². The largest absolute Gasteiger partial charge is 0.352 e. The Morgan fingerprint density at radius 1 is 1.43 bits per heavy atom. The number of halogens is 2. The number of carbonyl (C=O) groups excluding carboxylic acids is 1. The van der Waals surface area contributed by atoms with Gasteiger partial charge in [0.25, 0.3) is 0 Å². The molecule has 0 unspecified atom stereocenters. The predicted molar refractivity (Wildman–Crippen MR) is 90.3 cm³/mol. The van der Waals surface area contributed by atoms with E-state index in [2.05, 4.69) is 16.7 Å². The number of hydrogen-bond donors (Lipinski definition) is 2. The molecular weight excluding hydrogens is 307 g/mol. The van der Waals surface area contributed by atoms with E-state index in [0.29, 0.717) is 11.6 Å². The van der Waals surface area contributed by atoms with Crippen LogP contribution in [0.15, 0.2) is 35.9 Å². The van der Waals surface area contributed by atoms with E-state index >= 15 is 0 Å². The molecule has 21 heavy (non-hydrogen) atoms. The average molecular weight is 329 g/mol. The third-order valence-corrected chi connectivity index (χ3v) is 3.98. The van der Waals surface area contributed by atoms with Gasteiger partial charge in [0.05, 0.1) is 5.41 Å². The normalized spacial score (nSPS) is 14.9. The lowest BCUT2D eigenvalue weighted by atomic mass is 9.83. The molecule has 1 aromatic carbocycles. The van der Waals surface area contributed by atoms with Crippen LogP contribution in [0.1, 0.15) is 25.8 Å². The van der Waals surface area contributed by atoms with Crippen molar-refractivity contribution in [2.24, 2.45) is 0 Å². The van der Waals surface area contributed by atoms with Crippen molar-refractivity contribution < 1.29 is 4.79 Å². The highest BCUT2D eigenvalue weighted by Gasteiger charge is 2.29. The maximum atomic E-state index is 12.4. The molecule has 0 aromatic heterocycles. The highest BCUT2D eigenvalue weighted by molar-refractivity contribution is 6.30. The number of hydrogen-bond acceptors (Lipinski definition) is 2. The van der Waals surface area contributed by atoms with E-state index in [9.17, 15) is 4.79 Å². The summed E-state index contributed by atoms with van der Waals surface area (Å²) in [4.78, 5) is 12.4. The van der Waals surface area contributed by atoms with Gasteiger partial charge >= 0.3 is 0 Å². The van der Waals surface area contributed by atoms with Crippen LogP contribution in [-0.4, -0.2) is 25.5 Å². The van der Waals surface area contributed by atoms with Gasteiger partial charge < -0.3 is 10.6 Å². The van der Waals surface area contributed by atoms with Gasteiger partial charge in [-0.2, -0.15) is 0 Å². The Morgan fingerprint density at radius 3 is 2.81 bits per heavy atom. The number of nitrogens with one attached hydrogen (secondary N) is 2. The van der Waals surface area contributed by atoms with Crippen molar-refractivity contribution in [3.05, 3.63) is 46.5 Å². The van der Waals surface area contributed by atoms with Gasteiger partial charge in [-0.1, -0.05) is 35.4 Å². The molecule has 0 atom stereocenters. The molecule has 1 amide bonds. The molecule has 5 heteroatoms. The van der Waals surface area contributed by atoms with Crippen molar-refractivity contribution in [1.29, 1.82) is 0 Å². The zero-order chi connectivity index (χ0) is 14.6. The van der Waals surface area contributed by atoms with E-state index in [1.54, 1.807) is 0 Å². The molecule has 1 aromatic rings. The summed E-state index contributed by atoms with van der Waals surface area (Å²) in [6.45, 7) is 6.35. The second-order valence-corrected chi connectivity index (χ2v) is 6.07. The summed E-state index contributed by atoms with van der Waals surface area (Å²) in [7, 11) is 0. The highest BCUT2D eigenvalue weighted by atomic mass is 35.5. The van der Waals surface area contributed by atoms with Crippen molar-refractivity contribution in [3.8, 4) is 0 Å². The van der Waals surface area contributed by atoms with E-state index in [4.69, 9.17) is 11.6 Å². The van der Waals surface area contributed by atoms with Crippen molar-refractivity contribution >= 4 is 29.9 Å². The molecule has 3 nitrogen and oxygen atoms in total. The van der Waals surface area contributed by atoms with Crippen molar-refractivity contribution in [1.82, 2.24) is 10.6 Å². The summed E-state index contributed by atoms with van der Waals surface area (Å²) in [6, 6.07) is 7.49. The Balaban J connectivity index is 0.00000220. The third kappa shape index (κ3) is 4.73. The fourth-order valence-corrected chi connectivity index (χ4v) is 2.44. The second-order valence-electron chi connectivity index (χ2n) is 5.63. The van der Waals surface area contributed by atoms with Crippen molar-refractivity contribution in [2.75, 3.05) is 19.6 Å². The van der Waals surface area contributed by atoms with Crippen LogP contribution in [0.2, 0.25) is 5.02 Å². The first kappa shape index (κ1) is 18.0. The van der Waals surface area contributed by atoms with Crippen LogP contribution in [0.5, 0.6) is 0 Å². The molecule has 0 bridgehead atoms. The average Bonchev–Trinajstić information content (AvgIpc) is 2.45. The van der Waals surface area contributed by atoms with Crippen LogP contribution in [0.4, 0.5) is 0 Å². The minimum atomic E-state index is -0.585. The van der Waals surface area contributed by atoms with E-state index in [1.165, 1.54) is 5.57 Å². The van der Waals surface area contributed by atoms with Gasteiger partial charge in [-0.3, -0.25) is 4.79 Å². The summed E-state index contributed by atoms with van der Waals surface area (Å²) in [5.74, 6) is 0.0270. The van der Waals surface area contributed by atoms with Gasteiger partial charge in [-0.15, -0.1) is 12.4 Å². The van der Waals surface area contributed by atoms with Gasteiger partial charge in [-0.05, 0) is 44.5 Å². The Hall–Kier alpha value is -1.03. The Morgan fingerprint density at radius 2 is 2.19 bits per heavy atom. The molecule has 2 N–H and O–H groups in total. The lowest BCUT2D eigenvalue weighted by molar-refractivity contribution is -0.125. The zero-order valence-electron chi connectivity index (χ0n) is 12.4. The first-order valence-corrected chi connectivity index (χ1v) is 7.31. The fraction of sp³-hybridized carbons (Fsp3) is 0.438. The van der Waals surface area contributed by atoms with Gasteiger partial charge in [0, 0.05) is 18.1 Å². The molecular formula is C16H22Cl2N2O. The predicted octanol–water partition coefficient (Wildman–Crippen LogP) is 3.08. The summed E-state index contributed by atoms with van der Waals surface area (Å²) < 4.78 is 0. The van der Waals surface area contributed by atoms with Crippen LogP contribution in [0.3, 0.4) is 0 Å². The molecule has 0 saturated carbocycles. The number of amides is 1. The third-order valence-electron chi connectivity index (χ3n) is 3.75. The molecule has 0 saturated heterocycles.